The van der Waals surface area contributed by atoms with Crippen molar-refractivity contribution in [3.05, 3.63) is 66.0 Å². The maximum Gasteiger partial charge on any atom is 0.249 e. The monoisotopic (exact) mass is 291 g/mol. The van der Waals surface area contributed by atoms with Crippen LogP contribution in [0.15, 0.2) is 54.6 Å². The van der Waals surface area contributed by atoms with Crippen molar-refractivity contribution < 1.29 is 9.18 Å². The van der Waals surface area contributed by atoms with E-state index in [9.17, 15) is 9.18 Å². The normalized spacial score (nSPS) is 11.9. The molecule has 104 valence electrons. The molecule has 0 saturated heterocycles. The number of amides is 1. The molecule has 0 saturated carbocycles. The summed E-state index contributed by atoms with van der Waals surface area (Å²) in [6.45, 7) is 2.26. The fraction of sp³-hybridized carbons (Fsp3) is 0.188. The Bertz CT molecular complexity index is 588. The van der Waals surface area contributed by atoms with Crippen LogP contribution in [0.1, 0.15) is 17.9 Å². The Kier molecular flexibility index (Phi) is 4.74. The summed E-state index contributed by atoms with van der Waals surface area (Å²) < 4.78 is 13.3. The molecule has 0 aromatic heterocycles. The van der Waals surface area contributed by atoms with Gasteiger partial charge in [-0.25, -0.2) is 4.39 Å². The number of alkyl halides is 1. The van der Waals surface area contributed by atoms with Crippen LogP contribution >= 0.6 is 11.6 Å². The molecule has 1 amide bonds. The fourth-order valence-electron chi connectivity index (χ4n) is 2.01. The minimum absolute atomic E-state index is 0.258. The number of carbonyl (C=O) groups is 1. The molecule has 0 aliphatic carbocycles. The van der Waals surface area contributed by atoms with Crippen LogP contribution in [-0.2, 0) is 4.79 Å². The zero-order valence-electron chi connectivity index (χ0n) is 11.1. The molecule has 0 aliphatic rings. The van der Waals surface area contributed by atoms with Gasteiger partial charge < -0.3 is 4.90 Å². The van der Waals surface area contributed by atoms with Gasteiger partial charge in [-0.1, -0.05) is 36.4 Å². The lowest BCUT2D eigenvalue weighted by molar-refractivity contribution is -0.118. The summed E-state index contributed by atoms with van der Waals surface area (Å²) in [7, 11) is 0. The Labute approximate surface area is 122 Å². The van der Waals surface area contributed by atoms with Gasteiger partial charge in [0, 0.05) is 12.2 Å². The molecule has 1 atom stereocenters. The van der Waals surface area contributed by atoms with Crippen molar-refractivity contribution in [3.8, 4) is 0 Å². The largest absolute Gasteiger partial charge is 0.311 e. The highest BCUT2D eigenvalue weighted by molar-refractivity contribution is 6.32. The summed E-state index contributed by atoms with van der Waals surface area (Å²) in [6, 6.07) is 15.1. The van der Waals surface area contributed by atoms with Crippen molar-refractivity contribution in [1.82, 2.24) is 0 Å². The molecule has 2 aromatic rings. The minimum atomic E-state index is -0.778. The third-order valence-corrected chi connectivity index (χ3v) is 3.45. The summed E-state index contributed by atoms with van der Waals surface area (Å²) >= 11 is 6.23. The lowest BCUT2D eigenvalue weighted by Gasteiger charge is -2.23. The second kappa shape index (κ2) is 6.53. The highest BCUT2D eigenvalue weighted by Gasteiger charge is 2.24. The molecule has 0 spiro atoms. The first-order valence-corrected chi connectivity index (χ1v) is 6.83. The van der Waals surface area contributed by atoms with Gasteiger partial charge in [-0.2, -0.15) is 0 Å². The molecule has 2 aromatic carbocycles. The Balaban J connectivity index is 2.26. The van der Waals surface area contributed by atoms with Crippen LogP contribution in [0.5, 0.6) is 0 Å². The van der Waals surface area contributed by atoms with Gasteiger partial charge in [0.15, 0.2) is 0 Å². The van der Waals surface area contributed by atoms with Gasteiger partial charge in [0.2, 0.25) is 5.91 Å². The predicted octanol–water partition coefficient (Wildman–Crippen LogP) is 4.16. The Morgan fingerprint density at radius 3 is 2.50 bits per heavy atom. The highest BCUT2D eigenvalue weighted by Crippen LogP contribution is 2.26. The average Bonchev–Trinajstić information content (AvgIpc) is 2.48. The van der Waals surface area contributed by atoms with E-state index >= 15 is 0 Å². The number of hydrogen-bond donors (Lipinski definition) is 0. The first-order chi connectivity index (χ1) is 9.63. The van der Waals surface area contributed by atoms with Gasteiger partial charge in [0.25, 0.3) is 0 Å². The minimum Gasteiger partial charge on any atom is -0.311 e. The van der Waals surface area contributed by atoms with Crippen LogP contribution in [0, 0.1) is 5.82 Å². The Morgan fingerprint density at radius 1 is 1.20 bits per heavy atom. The van der Waals surface area contributed by atoms with Crippen LogP contribution < -0.4 is 4.90 Å². The van der Waals surface area contributed by atoms with Crippen molar-refractivity contribution in [2.75, 3.05) is 11.4 Å². The molecule has 2 rings (SSSR count). The summed E-state index contributed by atoms with van der Waals surface area (Å²) in [5, 5.41) is -0.778. The SMILES string of the molecule is CCN(C(=O)C(Cl)c1ccccc1)c1cccc(F)c1. The van der Waals surface area contributed by atoms with E-state index in [1.165, 1.54) is 17.0 Å². The number of rotatable bonds is 4. The van der Waals surface area contributed by atoms with Crippen molar-refractivity contribution >= 4 is 23.2 Å². The quantitative estimate of drug-likeness (QED) is 0.775. The number of nitrogens with zero attached hydrogens (tertiary/aromatic N) is 1. The molecule has 0 bridgehead atoms. The number of likely N-dealkylation sites (N-methyl/N-ethyl adjacent to an activating group) is 1. The number of benzene rings is 2. The van der Waals surface area contributed by atoms with E-state index in [0.29, 0.717) is 12.2 Å². The van der Waals surface area contributed by atoms with Crippen LogP contribution in [0.3, 0.4) is 0 Å². The first kappa shape index (κ1) is 14.5. The van der Waals surface area contributed by atoms with Gasteiger partial charge in [-0.3, -0.25) is 4.79 Å². The van der Waals surface area contributed by atoms with E-state index in [4.69, 9.17) is 11.6 Å². The molecule has 4 heteroatoms. The summed E-state index contributed by atoms with van der Waals surface area (Å²) in [5.74, 6) is -0.634. The zero-order valence-corrected chi connectivity index (χ0v) is 11.8. The summed E-state index contributed by atoms with van der Waals surface area (Å²) in [4.78, 5) is 13.9. The third kappa shape index (κ3) is 3.17. The smallest absolute Gasteiger partial charge is 0.249 e. The zero-order chi connectivity index (χ0) is 14.5. The number of carbonyl (C=O) groups excluding carboxylic acids is 1. The van der Waals surface area contributed by atoms with Crippen molar-refractivity contribution in [1.29, 1.82) is 0 Å². The van der Waals surface area contributed by atoms with Gasteiger partial charge >= 0.3 is 0 Å². The van der Waals surface area contributed by atoms with Crippen LogP contribution in [0.2, 0.25) is 0 Å². The molecule has 1 unspecified atom stereocenters. The summed E-state index contributed by atoms with van der Waals surface area (Å²) in [5.41, 5.74) is 1.24. The molecular weight excluding hydrogens is 277 g/mol. The second-order valence-electron chi connectivity index (χ2n) is 4.34. The van der Waals surface area contributed by atoms with E-state index < -0.39 is 5.38 Å². The van der Waals surface area contributed by atoms with Crippen LogP contribution in [0.4, 0.5) is 10.1 Å². The van der Waals surface area contributed by atoms with E-state index in [1.54, 1.807) is 24.3 Å². The fourth-order valence-corrected chi connectivity index (χ4v) is 2.27. The molecule has 0 fully saturated rings. The molecule has 0 radical (unpaired) electrons. The first-order valence-electron chi connectivity index (χ1n) is 6.39. The number of hydrogen-bond acceptors (Lipinski definition) is 1. The van der Waals surface area contributed by atoms with Crippen LogP contribution in [-0.4, -0.2) is 12.5 Å². The van der Waals surface area contributed by atoms with E-state index in [-0.39, 0.29) is 11.7 Å². The molecule has 20 heavy (non-hydrogen) atoms. The molecule has 0 N–H and O–H groups in total. The average molecular weight is 292 g/mol. The maximum absolute atomic E-state index is 13.3. The number of halogens is 2. The van der Waals surface area contributed by atoms with Gasteiger partial charge in [0.05, 0.1) is 0 Å². The maximum atomic E-state index is 13.3. The van der Waals surface area contributed by atoms with E-state index in [2.05, 4.69) is 0 Å². The Hall–Kier alpha value is -1.87. The van der Waals surface area contributed by atoms with Gasteiger partial charge in [0.1, 0.15) is 11.2 Å². The summed E-state index contributed by atoms with van der Waals surface area (Å²) in [6.07, 6.45) is 0. The second-order valence-corrected chi connectivity index (χ2v) is 4.77. The molecule has 0 aliphatic heterocycles. The van der Waals surface area contributed by atoms with E-state index in [0.717, 1.165) is 5.56 Å². The number of anilines is 1. The van der Waals surface area contributed by atoms with Gasteiger partial charge in [-0.05, 0) is 30.7 Å². The lowest BCUT2D eigenvalue weighted by atomic mass is 10.1. The Morgan fingerprint density at radius 2 is 1.90 bits per heavy atom. The van der Waals surface area contributed by atoms with Crippen LogP contribution in [0.25, 0.3) is 0 Å². The topological polar surface area (TPSA) is 20.3 Å². The predicted molar refractivity (Wildman–Crippen MR) is 79.5 cm³/mol. The molecular formula is C16H15ClFNO. The molecule has 0 heterocycles. The van der Waals surface area contributed by atoms with Crippen molar-refractivity contribution in [2.24, 2.45) is 0 Å². The lowest BCUT2D eigenvalue weighted by Crippen LogP contribution is -2.33. The third-order valence-electron chi connectivity index (χ3n) is 3.01. The van der Waals surface area contributed by atoms with Crippen molar-refractivity contribution in [3.63, 3.8) is 0 Å². The van der Waals surface area contributed by atoms with E-state index in [1.807, 2.05) is 25.1 Å². The molecule has 2 nitrogen and oxygen atoms in total. The van der Waals surface area contributed by atoms with Crippen molar-refractivity contribution in [2.45, 2.75) is 12.3 Å². The highest BCUT2D eigenvalue weighted by atomic mass is 35.5. The standard InChI is InChI=1S/C16H15ClFNO/c1-2-19(14-10-6-9-13(18)11-14)16(20)15(17)12-7-4-3-5-8-12/h3-11,15H,2H2,1H3. The van der Waals surface area contributed by atoms with Gasteiger partial charge in [-0.15, -0.1) is 11.6 Å².